The molecule has 1 aromatic heterocycles. The molecule has 0 spiro atoms. The Morgan fingerprint density at radius 2 is 2.47 bits per heavy atom. The van der Waals surface area contributed by atoms with Gasteiger partial charge in [0.1, 0.15) is 5.70 Å². The third-order valence-corrected chi connectivity index (χ3v) is 2.59. The first kappa shape index (κ1) is 11.7. The summed E-state index contributed by atoms with van der Waals surface area (Å²) in [6.45, 7) is 7.46. The van der Waals surface area contributed by atoms with Crippen LogP contribution in [-0.2, 0) is 9.53 Å². The van der Waals surface area contributed by atoms with E-state index < -0.39 is 5.97 Å². The maximum atomic E-state index is 11.4. The number of thiophene rings is 1. The quantitative estimate of drug-likeness (QED) is 0.447. The molecule has 0 amide bonds. The Morgan fingerprint density at radius 3 is 2.93 bits per heavy atom. The van der Waals surface area contributed by atoms with E-state index in [-0.39, 0.29) is 5.70 Å². The second-order valence-corrected chi connectivity index (χ2v) is 4.01. The summed E-state index contributed by atoms with van der Waals surface area (Å²) >= 11 is 1.62. The number of rotatable bonds is 4. The summed E-state index contributed by atoms with van der Waals surface area (Å²) in [6.07, 6.45) is 1.68. The average Bonchev–Trinajstić information content (AvgIpc) is 2.61. The van der Waals surface area contributed by atoms with E-state index in [1.165, 1.54) is 4.88 Å². The molecule has 0 N–H and O–H groups in total. The third kappa shape index (κ3) is 3.32. The normalized spacial score (nSPS) is 11.2. The van der Waals surface area contributed by atoms with Crippen LogP contribution in [0.5, 0.6) is 0 Å². The van der Waals surface area contributed by atoms with Gasteiger partial charge in [-0.25, -0.2) is 4.79 Å². The lowest BCUT2D eigenvalue weighted by Crippen LogP contribution is -2.05. The molecule has 0 aromatic carbocycles. The Balaban J connectivity index is 2.86. The van der Waals surface area contributed by atoms with E-state index in [2.05, 4.69) is 11.7 Å². The van der Waals surface area contributed by atoms with Crippen LogP contribution in [0, 0.1) is 6.92 Å². The molecule has 0 unspecified atom stereocenters. The Morgan fingerprint density at radius 1 is 1.73 bits per heavy atom. The Bertz CT molecular complexity index is 393. The number of carbonyl (C=O) groups is 1. The molecule has 1 aromatic rings. The molecule has 0 aliphatic carbocycles. The molecule has 1 rings (SSSR count). The first-order valence-corrected chi connectivity index (χ1v) is 5.46. The van der Waals surface area contributed by atoms with Crippen molar-refractivity contribution in [2.45, 2.75) is 13.8 Å². The molecule has 1 heterocycles. The molecule has 0 aliphatic rings. The molecule has 4 heteroatoms. The van der Waals surface area contributed by atoms with E-state index in [0.29, 0.717) is 6.61 Å². The zero-order valence-corrected chi connectivity index (χ0v) is 9.63. The molecule has 0 saturated heterocycles. The molecule has 3 nitrogen and oxygen atoms in total. The van der Waals surface area contributed by atoms with Gasteiger partial charge in [0.15, 0.2) is 0 Å². The number of aryl methyl sites for hydroxylation is 1. The van der Waals surface area contributed by atoms with Gasteiger partial charge in [-0.05, 0) is 43.7 Å². The van der Waals surface area contributed by atoms with Crippen LogP contribution in [0.25, 0.3) is 6.08 Å². The second-order valence-electron chi connectivity index (χ2n) is 2.90. The zero-order chi connectivity index (χ0) is 11.3. The largest absolute Gasteiger partial charge is 0.461 e. The van der Waals surface area contributed by atoms with Crippen LogP contribution in [0.4, 0.5) is 0 Å². The molecule has 0 fully saturated rings. The van der Waals surface area contributed by atoms with Crippen molar-refractivity contribution in [1.29, 1.82) is 0 Å². The van der Waals surface area contributed by atoms with Gasteiger partial charge in [0.05, 0.1) is 6.61 Å². The monoisotopic (exact) mass is 223 g/mol. The summed E-state index contributed by atoms with van der Waals surface area (Å²) in [5.41, 5.74) is 1.20. The van der Waals surface area contributed by atoms with E-state index in [1.54, 1.807) is 24.3 Å². The lowest BCUT2D eigenvalue weighted by Gasteiger charge is -2.00. The smallest absolute Gasteiger partial charge is 0.356 e. The van der Waals surface area contributed by atoms with Gasteiger partial charge in [-0.2, -0.15) is 0 Å². The molecule has 0 saturated carbocycles. The molecule has 0 aliphatic heterocycles. The van der Waals surface area contributed by atoms with Crippen LogP contribution in [0.3, 0.4) is 0 Å². The molecule has 0 bridgehead atoms. The number of carbonyl (C=O) groups excluding carboxylic acids is 1. The average molecular weight is 223 g/mol. The lowest BCUT2D eigenvalue weighted by atomic mass is 10.2. The highest BCUT2D eigenvalue weighted by Gasteiger charge is 2.08. The standard InChI is InChI=1S/C11H13NO2S/c1-4-14-11(13)10(12-3)6-9-5-8(2)15-7-9/h5-7H,3-4H2,1-2H3/b10-6-. The van der Waals surface area contributed by atoms with Crippen LogP contribution in [0.15, 0.2) is 22.1 Å². The molecule has 15 heavy (non-hydrogen) atoms. The highest BCUT2D eigenvalue weighted by atomic mass is 32.1. The van der Waals surface area contributed by atoms with Gasteiger partial charge < -0.3 is 4.74 Å². The Hall–Kier alpha value is -1.42. The Kier molecular flexibility index (Phi) is 4.24. The van der Waals surface area contributed by atoms with E-state index >= 15 is 0 Å². The van der Waals surface area contributed by atoms with Gasteiger partial charge >= 0.3 is 5.97 Å². The van der Waals surface area contributed by atoms with Gasteiger partial charge in [-0.1, -0.05) is 0 Å². The first-order valence-electron chi connectivity index (χ1n) is 4.58. The first-order chi connectivity index (χ1) is 7.17. The van der Waals surface area contributed by atoms with Crippen LogP contribution < -0.4 is 0 Å². The molecular formula is C11H13NO2S. The van der Waals surface area contributed by atoms with Crippen molar-refractivity contribution >= 4 is 30.1 Å². The van der Waals surface area contributed by atoms with Crippen molar-refractivity contribution in [3.05, 3.63) is 27.6 Å². The van der Waals surface area contributed by atoms with Crippen molar-refractivity contribution < 1.29 is 9.53 Å². The zero-order valence-electron chi connectivity index (χ0n) is 8.82. The third-order valence-electron chi connectivity index (χ3n) is 1.71. The molecule has 0 radical (unpaired) electrons. The number of hydrogen-bond donors (Lipinski definition) is 0. The number of esters is 1. The SMILES string of the molecule is C=N/C(=C\c1csc(C)c1)C(=O)OCC. The summed E-state index contributed by atoms with van der Waals surface area (Å²) in [6, 6.07) is 1.98. The predicted octanol–water partition coefficient (Wildman–Crippen LogP) is 2.66. The van der Waals surface area contributed by atoms with Gasteiger partial charge in [0.2, 0.25) is 0 Å². The van der Waals surface area contributed by atoms with Crippen LogP contribution in [-0.4, -0.2) is 19.3 Å². The number of ether oxygens (including phenoxy) is 1. The fourth-order valence-corrected chi connectivity index (χ4v) is 1.73. The summed E-state index contributed by atoms with van der Waals surface area (Å²) in [5, 5.41) is 1.96. The molecule has 80 valence electrons. The van der Waals surface area contributed by atoms with Crippen molar-refractivity contribution in [2.24, 2.45) is 4.99 Å². The maximum Gasteiger partial charge on any atom is 0.356 e. The van der Waals surface area contributed by atoms with E-state index in [4.69, 9.17) is 4.74 Å². The summed E-state index contributed by atoms with van der Waals surface area (Å²) in [7, 11) is 0. The fourth-order valence-electron chi connectivity index (χ4n) is 1.07. The highest BCUT2D eigenvalue weighted by Crippen LogP contribution is 2.16. The molecule has 0 atom stereocenters. The minimum Gasteiger partial charge on any atom is -0.461 e. The van der Waals surface area contributed by atoms with Gasteiger partial charge in [0.25, 0.3) is 0 Å². The fraction of sp³-hybridized carbons (Fsp3) is 0.273. The van der Waals surface area contributed by atoms with Crippen molar-refractivity contribution in [3.8, 4) is 0 Å². The summed E-state index contributed by atoms with van der Waals surface area (Å²) in [4.78, 5) is 16.2. The Labute approximate surface area is 93.1 Å². The van der Waals surface area contributed by atoms with Gasteiger partial charge in [-0.15, -0.1) is 11.3 Å². The number of nitrogens with zero attached hydrogens (tertiary/aromatic N) is 1. The maximum absolute atomic E-state index is 11.4. The van der Waals surface area contributed by atoms with Crippen molar-refractivity contribution in [3.63, 3.8) is 0 Å². The molecular weight excluding hydrogens is 210 g/mol. The van der Waals surface area contributed by atoms with E-state index in [9.17, 15) is 4.79 Å². The summed E-state index contributed by atoms with van der Waals surface area (Å²) in [5.74, 6) is -0.434. The number of aliphatic imine (C=N–C) groups is 1. The summed E-state index contributed by atoms with van der Waals surface area (Å²) < 4.78 is 4.84. The van der Waals surface area contributed by atoms with Crippen LogP contribution >= 0.6 is 11.3 Å². The predicted molar refractivity (Wildman–Crippen MR) is 63.2 cm³/mol. The van der Waals surface area contributed by atoms with Crippen molar-refractivity contribution in [2.75, 3.05) is 6.61 Å². The van der Waals surface area contributed by atoms with E-state index in [0.717, 1.165) is 5.56 Å². The van der Waals surface area contributed by atoms with E-state index in [1.807, 2.05) is 18.4 Å². The number of hydrogen-bond acceptors (Lipinski definition) is 4. The van der Waals surface area contributed by atoms with Gasteiger partial charge in [0, 0.05) is 4.88 Å². The topological polar surface area (TPSA) is 38.7 Å². The second kappa shape index (κ2) is 5.46. The van der Waals surface area contributed by atoms with Crippen molar-refractivity contribution in [1.82, 2.24) is 0 Å². The minimum absolute atomic E-state index is 0.245. The van der Waals surface area contributed by atoms with Crippen LogP contribution in [0.2, 0.25) is 0 Å². The van der Waals surface area contributed by atoms with Gasteiger partial charge in [-0.3, -0.25) is 4.99 Å². The lowest BCUT2D eigenvalue weighted by molar-refractivity contribution is -0.138. The van der Waals surface area contributed by atoms with Crippen LogP contribution in [0.1, 0.15) is 17.4 Å². The highest BCUT2D eigenvalue weighted by molar-refractivity contribution is 7.10. The minimum atomic E-state index is -0.434.